The van der Waals surface area contributed by atoms with Crippen LogP contribution in [0.25, 0.3) is 11.0 Å². The summed E-state index contributed by atoms with van der Waals surface area (Å²) < 4.78 is 5.71. The number of halogens is 1. The van der Waals surface area contributed by atoms with Gasteiger partial charge < -0.3 is 9.32 Å². The first-order valence-electron chi connectivity index (χ1n) is 6.89. The van der Waals surface area contributed by atoms with Crippen molar-refractivity contribution >= 4 is 28.5 Å². The monoisotopic (exact) mass is 314 g/mol. The summed E-state index contributed by atoms with van der Waals surface area (Å²) in [6, 6.07) is 9.12. The maximum absolute atomic E-state index is 12.6. The normalized spacial score (nSPS) is 10.9. The van der Waals surface area contributed by atoms with Gasteiger partial charge in [0.15, 0.2) is 5.76 Å². The fourth-order valence-electron chi connectivity index (χ4n) is 2.40. The van der Waals surface area contributed by atoms with Crippen molar-refractivity contribution in [2.24, 2.45) is 0 Å². The number of fused-ring (bicyclic) bond motifs is 1. The molecular formula is C17H15ClN2O2. The van der Waals surface area contributed by atoms with Crippen molar-refractivity contribution in [3.05, 3.63) is 64.6 Å². The highest BCUT2D eigenvalue weighted by Crippen LogP contribution is 2.28. The van der Waals surface area contributed by atoms with E-state index < -0.39 is 0 Å². The van der Waals surface area contributed by atoms with Crippen molar-refractivity contribution in [2.75, 3.05) is 7.05 Å². The smallest absolute Gasteiger partial charge is 0.289 e. The summed E-state index contributed by atoms with van der Waals surface area (Å²) in [5.41, 5.74) is 2.49. The first kappa shape index (κ1) is 14.6. The topological polar surface area (TPSA) is 46.3 Å². The fourth-order valence-corrected chi connectivity index (χ4v) is 2.58. The lowest BCUT2D eigenvalue weighted by Crippen LogP contribution is -2.26. The van der Waals surface area contributed by atoms with Gasteiger partial charge in [0.2, 0.25) is 0 Å². The number of benzene rings is 1. The van der Waals surface area contributed by atoms with Gasteiger partial charge >= 0.3 is 0 Å². The van der Waals surface area contributed by atoms with Crippen molar-refractivity contribution in [3.63, 3.8) is 0 Å². The van der Waals surface area contributed by atoms with Crippen molar-refractivity contribution in [1.29, 1.82) is 0 Å². The molecule has 1 amide bonds. The van der Waals surface area contributed by atoms with Crippen LogP contribution >= 0.6 is 11.6 Å². The Morgan fingerprint density at radius 2 is 2.00 bits per heavy atom. The van der Waals surface area contributed by atoms with E-state index in [0.717, 1.165) is 16.5 Å². The lowest BCUT2D eigenvalue weighted by atomic mass is 10.1. The Kier molecular flexibility index (Phi) is 3.86. The van der Waals surface area contributed by atoms with Gasteiger partial charge in [-0.15, -0.1) is 0 Å². The number of nitrogens with zero attached hydrogens (tertiary/aromatic N) is 2. The van der Waals surface area contributed by atoms with Gasteiger partial charge in [0.1, 0.15) is 5.58 Å². The Hall–Kier alpha value is -2.33. The molecule has 0 atom stereocenters. The Balaban J connectivity index is 1.90. The fraction of sp³-hybridized carbons (Fsp3) is 0.176. The number of carbonyl (C=O) groups is 1. The van der Waals surface area contributed by atoms with E-state index in [4.69, 9.17) is 16.0 Å². The highest BCUT2D eigenvalue weighted by molar-refractivity contribution is 6.31. The second-order valence-electron chi connectivity index (χ2n) is 5.21. The molecule has 0 bridgehead atoms. The lowest BCUT2D eigenvalue weighted by molar-refractivity contribution is 0.0755. The van der Waals surface area contributed by atoms with Gasteiger partial charge in [-0.25, -0.2) is 0 Å². The van der Waals surface area contributed by atoms with E-state index in [-0.39, 0.29) is 5.91 Å². The summed E-state index contributed by atoms with van der Waals surface area (Å²) in [5, 5.41) is 1.49. The number of pyridine rings is 1. The number of amides is 1. The first-order valence-corrected chi connectivity index (χ1v) is 7.27. The first-order chi connectivity index (χ1) is 10.6. The summed E-state index contributed by atoms with van der Waals surface area (Å²) in [6.45, 7) is 2.37. The Bertz CT molecular complexity index is 827. The molecule has 0 fully saturated rings. The minimum atomic E-state index is -0.151. The van der Waals surface area contributed by atoms with Crippen LogP contribution in [0, 0.1) is 6.92 Å². The third kappa shape index (κ3) is 2.70. The molecule has 2 heterocycles. The molecule has 4 nitrogen and oxygen atoms in total. The van der Waals surface area contributed by atoms with Gasteiger partial charge in [-0.2, -0.15) is 0 Å². The third-order valence-corrected chi connectivity index (χ3v) is 3.84. The zero-order valence-corrected chi connectivity index (χ0v) is 13.1. The van der Waals surface area contributed by atoms with Gasteiger partial charge in [-0.1, -0.05) is 11.6 Å². The molecular weight excluding hydrogens is 300 g/mol. The van der Waals surface area contributed by atoms with E-state index in [9.17, 15) is 4.79 Å². The minimum absolute atomic E-state index is 0.151. The third-order valence-electron chi connectivity index (χ3n) is 3.61. The second-order valence-corrected chi connectivity index (χ2v) is 5.65. The largest absolute Gasteiger partial charge is 0.451 e. The molecule has 1 aromatic carbocycles. The molecule has 0 N–H and O–H groups in total. The number of rotatable bonds is 3. The van der Waals surface area contributed by atoms with Crippen molar-refractivity contribution in [3.8, 4) is 0 Å². The number of hydrogen-bond donors (Lipinski definition) is 0. The highest BCUT2D eigenvalue weighted by Gasteiger charge is 2.21. The van der Waals surface area contributed by atoms with Gasteiger partial charge in [0, 0.05) is 42.0 Å². The molecule has 0 aliphatic rings. The van der Waals surface area contributed by atoms with Crippen LogP contribution in [0.15, 0.2) is 47.1 Å². The van der Waals surface area contributed by atoms with Crippen LogP contribution < -0.4 is 0 Å². The van der Waals surface area contributed by atoms with Crippen LogP contribution in [0.4, 0.5) is 0 Å². The summed E-state index contributed by atoms with van der Waals surface area (Å²) in [7, 11) is 1.75. The molecule has 112 valence electrons. The average Bonchev–Trinajstić information content (AvgIpc) is 2.84. The van der Waals surface area contributed by atoms with Gasteiger partial charge in [-0.05, 0) is 42.8 Å². The van der Waals surface area contributed by atoms with E-state index in [1.54, 1.807) is 36.5 Å². The number of furan rings is 1. The van der Waals surface area contributed by atoms with Crippen LogP contribution in [-0.4, -0.2) is 22.8 Å². The van der Waals surface area contributed by atoms with Crippen LogP contribution in [0.1, 0.15) is 21.7 Å². The van der Waals surface area contributed by atoms with Gasteiger partial charge in [0.25, 0.3) is 5.91 Å². The molecule has 2 aromatic heterocycles. The van der Waals surface area contributed by atoms with Gasteiger partial charge in [-0.3, -0.25) is 9.78 Å². The maximum Gasteiger partial charge on any atom is 0.289 e. The Morgan fingerprint density at radius 1 is 1.27 bits per heavy atom. The van der Waals surface area contributed by atoms with Crippen molar-refractivity contribution in [1.82, 2.24) is 9.88 Å². The number of hydrogen-bond acceptors (Lipinski definition) is 3. The quantitative estimate of drug-likeness (QED) is 0.732. The summed E-state index contributed by atoms with van der Waals surface area (Å²) in [4.78, 5) is 18.2. The minimum Gasteiger partial charge on any atom is -0.451 e. The molecule has 3 rings (SSSR count). The summed E-state index contributed by atoms with van der Waals surface area (Å²) in [6.07, 6.45) is 3.42. The van der Waals surface area contributed by atoms with Crippen LogP contribution in [0.2, 0.25) is 5.02 Å². The van der Waals surface area contributed by atoms with Gasteiger partial charge in [0.05, 0.1) is 0 Å². The Morgan fingerprint density at radius 3 is 2.73 bits per heavy atom. The number of aromatic nitrogens is 1. The van der Waals surface area contributed by atoms with Crippen molar-refractivity contribution < 1.29 is 9.21 Å². The van der Waals surface area contributed by atoms with Crippen LogP contribution in [0.3, 0.4) is 0 Å². The molecule has 0 aliphatic carbocycles. The van der Waals surface area contributed by atoms with E-state index in [0.29, 0.717) is 22.9 Å². The van der Waals surface area contributed by atoms with Crippen molar-refractivity contribution in [2.45, 2.75) is 13.5 Å². The molecule has 0 spiro atoms. The molecule has 5 heteroatoms. The predicted molar refractivity (Wildman–Crippen MR) is 86.0 cm³/mol. The predicted octanol–water partition coefficient (Wildman–Crippen LogP) is 4.06. The molecule has 22 heavy (non-hydrogen) atoms. The molecule has 0 radical (unpaired) electrons. The standard InChI is InChI=1S/C17H15ClN2O2/c1-11-14-9-13(18)3-4-15(14)22-16(11)17(21)20(2)10-12-5-7-19-8-6-12/h3-9H,10H2,1-2H3. The summed E-state index contributed by atoms with van der Waals surface area (Å²) >= 11 is 6.01. The molecule has 3 aromatic rings. The van der Waals surface area contributed by atoms with E-state index >= 15 is 0 Å². The molecule has 0 saturated heterocycles. The highest BCUT2D eigenvalue weighted by atomic mass is 35.5. The SMILES string of the molecule is Cc1c(C(=O)N(C)Cc2ccncc2)oc2ccc(Cl)cc12. The molecule has 0 unspecified atom stereocenters. The zero-order valence-electron chi connectivity index (χ0n) is 12.3. The molecule has 0 aliphatic heterocycles. The lowest BCUT2D eigenvalue weighted by Gasteiger charge is -2.16. The van der Waals surface area contributed by atoms with Crippen LogP contribution in [-0.2, 0) is 6.54 Å². The zero-order chi connectivity index (χ0) is 15.7. The van der Waals surface area contributed by atoms with E-state index in [1.165, 1.54) is 0 Å². The Labute approximate surface area is 133 Å². The van der Waals surface area contributed by atoms with Crippen LogP contribution in [0.5, 0.6) is 0 Å². The van der Waals surface area contributed by atoms with E-state index in [1.807, 2.05) is 25.1 Å². The number of carbonyl (C=O) groups excluding carboxylic acids is 1. The maximum atomic E-state index is 12.6. The van der Waals surface area contributed by atoms with E-state index in [2.05, 4.69) is 4.98 Å². The average molecular weight is 315 g/mol. The summed E-state index contributed by atoms with van der Waals surface area (Å²) in [5.74, 6) is 0.204. The molecule has 0 saturated carbocycles. The number of aryl methyl sites for hydroxylation is 1. The second kappa shape index (κ2) is 5.81.